The number of benzene rings is 1. The molecule has 2 fully saturated rings. The van der Waals surface area contributed by atoms with Gasteiger partial charge in [-0.2, -0.15) is 0 Å². The third kappa shape index (κ3) is 5.10. The molecule has 1 spiro atoms. The molecule has 1 atom stereocenters. The number of likely N-dealkylation sites (tertiary alicyclic amines) is 2. The van der Waals surface area contributed by atoms with Crippen LogP contribution in [0.4, 0.5) is 0 Å². The van der Waals surface area contributed by atoms with Crippen molar-refractivity contribution in [3.8, 4) is 0 Å². The van der Waals surface area contributed by atoms with E-state index in [1.54, 1.807) is 0 Å². The number of primary amides is 1. The maximum atomic E-state index is 12.4. The molecule has 0 radical (unpaired) electrons. The van der Waals surface area contributed by atoms with Crippen molar-refractivity contribution in [3.63, 3.8) is 0 Å². The van der Waals surface area contributed by atoms with Gasteiger partial charge in [-0.05, 0) is 49.1 Å². The maximum absolute atomic E-state index is 12.4. The zero-order chi connectivity index (χ0) is 19.3. The van der Waals surface area contributed by atoms with Crippen LogP contribution in [-0.2, 0) is 9.59 Å². The van der Waals surface area contributed by atoms with Crippen molar-refractivity contribution in [2.75, 3.05) is 32.7 Å². The summed E-state index contributed by atoms with van der Waals surface area (Å²) in [5.41, 5.74) is 6.93. The lowest BCUT2D eigenvalue weighted by atomic mass is 9.68. The first-order chi connectivity index (χ1) is 13.0. The molecule has 5 nitrogen and oxygen atoms in total. The van der Waals surface area contributed by atoms with E-state index in [2.05, 4.69) is 42.2 Å². The Bertz CT molecular complexity index is 638. The summed E-state index contributed by atoms with van der Waals surface area (Å²) >= 11 is 0. The van der Waals surface area contributed by atoms with Crippen molar-refractivity contribution in [1.82, 2.24) is 9.80 Å². The minimum atomic E-state index is -0.325. The lowest BCUT2D eigenvalue weighted by Crippen LogP contribution is -2.52. The summed E-state index contributed by atoms with van der Waals surface area (Å²) in [5.74, 6) is 0.431. The van der Waals surface area contributed by atoms with Crippen molar-refractivity contribution < 1.29 is 9.59 Å². The number of hydrogen-bond donors (Lipinski definition) is 1. The number of rotatable bonds is 6. The second kappa shape index (κ2) is 8.87. The molecule has 0 bridgehead atoms. The highest BCUT2D eigenvalue weighted by atomic mass is 16.2. The molecule has 27 heavy (non-hydrogen) atoms. The molecule has 1 aromatic rings. The molecule has 2 aliphatic heterocycles. The number of amides is 2. The number of hydrogen-bond acceptors (Lipinski definition) is 3. The van der Waals surface area contributed by atoms with Crippen LogP contribution in [0.5, 0.6) is 0 Å². The van der Waals surface area contributed by atoms with Gasteiger partial charge in [0.1, 0.15) is 0 Å². The average molecular weight is 372 g/mol. The first kappa shape index (κ1) is 19.9. The van der Waals surface area contributed by atoms with E-state index >= 15 is 0 Å². The normalized spacial score (nSPS) is 22.7. The van der Waals surface area contributed by atoms with Crippen molar-refractivity contribution in [2.24, 2.45) is 11.1 Å². The van der Waals surface area contributed by atoms with E-state index in [4.69, 9.17) is 5.73 Å². The fourth-order valence-electron chi connectivity index (χ4n) is 4.86. The van der Waals surface area contributed by atoms with Gasteiger partial charge in [0.25, 0.3) is 0 Å². The number of likely N-dealkylation sites (N-methyl/N-ethyl adjacent to an activating group) is 1. The van der Waals surface area contributed by atoms with Crippen LogP contribution in [0.3, 0.4) is 0 Å². The van der Waals surface area contributed by atoms with Crippen LogP contribution < -0.4 is 5.73 Å². The Morgan fingerprint density at radius 2 is 1.85 bits per heavy atom. The Kier molecular flexibility index (Phi) is 6.53. The van der Waals surface area contributed by atoms with E-state index in [0.717, 1.165) is 45.6 Å². The molecule has 0 aromatic heterocycles. The van der Waals surface area contributed by atoms with Crippen LogP contribution in [0, 0.1) is 5.41 Å². The highest BCUT2D eigenvalue weighted by Crippen LogP contribution is 2.45. The Balaban J connectivity index is 1.59. The monoisotopic (exact) mass is 371 g/mol. The van der Waals surface area contributed by atoms with Crippen molar-refractivity contribution >= 4 is 11.8 Å². The summed E-state index contributed by atoms with van der Waals surface area (Å²) in [6, 6.07) is 10.9. The summed E-state index contributed by atoms with van der Waals surface area (Å²) < 4.78 is 0. The maximum Gasteiger partial charge on any atom is 0.222 e. The predicted octanol–water partition coefficient (Wildman–Crippen LogP) is 2.76. The molecule has 0 unspecified atom stereocenters. The fraction of sp³-hybridized carbons (Fsp3) is 0.636. The van der Waals surface area contributed by atoms with Crippen LogP contribution in [0.15, 0.2) is 30.3 Å². The third-order valence-electron chi connectivity index (χ3n) is 6.43. The zero-order valence-corrected chi connectivity index (χ0v) is 16.5. The number of carbonyl (C=O) groups is 2. The van der Waals surface area contributed by atoms with Crippen molar-refractivity contribution in [1.29, 1.82) is 0 Å². The van der Waals surface area contributed by atoms with Gasteiger partial charge < -0.3 is 15.5 Å². The molecular weight excluding hydrogens is 338 g/mol. The summed E-state index contributed by atoms with van der Waals surface area (Å²) in [6.45, 7) is 7.30. The first-order valence-electron chi connectivity index (χ1n) is 10.3. The molecular formula is C22H33N3O2. The van der Waals surface area contributed by atoms with Crippen molar-refractivity contribution in [3.05, 3.63) is 35.9 Å². The molecule has 0 aliphatic carbocycles. The number of nitrogens with two attached hydrogens (primary N) is 1. The predicted molar refractivity (Wildman–Crippen MR) is 107 cm³/mol. The molecule has 2 heterocycles. The van der Waals surface area contributed by atoms with Gasteiger partial charge in [0, 0.05) is 39.0 Å². The van der Waals surface area contributed by atoms with Crippen molar-refractivity contribution in [2.45, 2.75) is 51.4 Å². The smallest absolute Gasteiger partial charge is 0.222 e. The lowest BCUT2D eigenvalue weighted by molar-refractivity contribution is -0.134. The van der Waals surface area contributed by atoms with Crippen LogP contribution in [0.25, 0.3) is 0 Å². The standard InChI is InChI=1S/C22H33N3O2/c1-2-24-16-19(18-7-4-3-5-8-18)15-22(17-24)11-13-25(14-12-22)21(27)10-6-9-20(23)26/h3-5,7-8,19H,2,6,9-17H2,1H3,(H2,23,26)/t19-/m1/s1. The quantitative estimate of drug-likeness (QED) is 0.836. The number of nitrogens with zero attached hydrogens (tertiary/aromatic N) is 2. The van der Waals surface area contributed by atoms with E-state index in [1.165, 1.54) is 12.0 Å². The Labute approximate surface area is 162 Å². The lowest BCUT2D eigenvalue weighted by Gasteiger charge is -2.50. The summed E-state index contributed by atoms with van der Waals surface area (Å²) in [6.07, 6.45) is 4.67. The Hall–Kier alpha value is -1.88. The van der Waals surface area contributed by atoms with E-state index < -0.39 is 0 Å². The molecule has 148 valence electrons. The average Bonchev–Trinajstić information content (AvgIpc) is 2.68. The van der Waals surface area contributed by atoms with Gasteiger partial charge in [-0.25, -0.2) is 0 Å². The highest BCUT2D eigenvalue weighted by molar-refractivity contribution is 5.78. The second-order valence-electron chi connectivity index (χ2n) is 8.34. The molecule has 2 saturated heterocycles. The van der Waals surface area contributed by atoms with Gasteiger partial charge in [0.05, 0.1) is 0 Å². The summed E-state index contributed by atoms with van der Waals surface area (Å²) in [5, 5.41) is 0. The molecule has 2 N–H and O–H groups in total. The van der Waals surface area contributed by atoms with E-state index in [9.17, 15) is 9.59 Å². The van der Waals surface area contributed by atoms with Crippen LogP contribution in [0.2, 0.25) is 0 Å². The number of carbonyl (C=O) groups excluding carboxylic acids is 2. The molecule has 2 amide bonds. The van der Waals surface area contributed by atoms with E-state index in [1.807, 2.05) is 4.90 Å². The fourth-order valence-corrected chi connectivity index (χ4v) is 4.86. The van der Waals surface area contributed by atoms with Gasteiger partial charge >= 0.3 is 0 Å². The Morgan fingerprint density at radius 3 is 2.48 bits per heavy atom. The zero-order valence-electron chi connectivity index (χ0n) is 16.5. The summed E-state index contributed by atoms with van der Waals surface area (Å²) in [4.78, 5) is 27.9. The number of piperidine rings is 2. The van der Waals surface area contributed by atoms with Gasteiger partial charge in [-0.3, -0.25) is 9.59 Å². The molecule has 5 heteroatoms. The SMILES string of the molecule is CCN1C[C@H](c2ccccc2)CC2(CCN(C(=O)CCCC(N)=O)CC2)C1. The Morgan fingerprint density at radius 1 is 1.15 bits per heavy atom. The third-order valence-corrected chi connectivity index (χ3v) is 6.43. The minimum Gasteiger partial charge on any atom is -0.370 e. The van der Waals surface area contributed by atoms with Crippen LogP contribution in [0.1, 0.15) is 56.9 Å². The van der Waals surface area contributed by atoms with E-state index in [-0.39, 0.29) is 11.8 Å². The van der Waals surface area contributed by atoms with Crippen LogP contribution in [-0.4, -0.2) is 54.3 Å². The van der Waals surface area contributed by atoms with Gasteiger partial charge in [0.2, 0.25) is 11.8 Å². The minimum absolute atomic E-state index is 0.175. The molecule has 3 rings (SSSR count). The van der Waals surface area contributed by atoms with Gasteiger partial charge in [-0.1, -0.05) is 37.3 Å². The van der Waals surface area contributed by atoms with Gasteiger partial charge in [-0.15, -0.1) is 0 Å². The molecule has 0 saturated carbocycles. The van der Waals surface area contributed by atoms with E-state index in [0.29, 0.717) is 30.6 Å². The summed E-state index contributed by atoms with van der Waals surface area (Å²) in [7, 11) is 0. The van der Waals surface area contributed by atoms with Crippen LogP contribution >= 0.6 is 0 Å². The van der Waals surface area contributed by atoms with Gasteiger partial charge in [0.15, 0.2) is 0 Å². The first-order valence-corrected chi connectivity index (χ1v) is 10.3. The topological polar surface area (TPSA) is 66.6 Å². The largest absolute Gasteiger partial charge is 0.370 e. The molecule has 2 aliphatic rings. The highest BCUT2D eigenvalue weighted by Gasteiger charge is 2.42. The second-order valence-corrected chi connectivity index (χ2v) is 8.34. The molecule has 1 aromatic carbocycles.